The molecule has 1 saturated heterocycles. The van der Waals surface area contributed by atoms with Crippen molar-refractivity contribution in [3.8, 4) is 0 Å². The second-order valence-corrected chi connectivity index (χ2v) is 6.19. The average Bonchev–Trinajstić information content (AvgIpc) is 2.75. The molecule has 0 spiro atoms. The van der Waals surface area contributed by atoms with Gasteiger partial charge in [0.25, 0.3) is 0 Å². The zero-order chi connectivity index (χ0) is 14.6. The van der Waals surface area contributed by atoms with Crippen molar-refractivity contribution in [2.75, 3.05) is 13.2 Å². The van der Waals surface area contributed by atoms with Crippen molar-refractivity contribution in [2.24, 2.45) is 0 Å². The van der Waals surface area contributed by atoms with Crippen molar-refractivity contribution in [1.29, 1.82) is 0 Å². The number of aliphatic hydroxyl groups is 1. The summed E-state index contributed by atoms with van der Waals surface area (Å²) in [7, 11) is 0. The van der Waals surface area contributed by atoms with E-state index in [1.165, 1.54) is 0 Å². The molecule has 1 aliphatic rings. The standard InChI is InChI=1S/C15H20BrNO3/c1-11-15(19,7-8-20-11)10-17-14(18)6-5-12-3-2-4-13(16)9-12/h2-4,9,11,19H,5-8,10H2,1H3,(H,17,18). The van der Waals surface area contributed by atoms with Crippen LogP contribution in [-0.2, 0) is 16.0 Å². The van der Waals surface area contributed by atoms with E-state index in [-0.39, 0.29) is 18.6 Å². The van der Waals surface area contributed by atoms with Gasteiger partial charge in [-0.25, -0.2) is 0 Å². The maximum absolute atomic E-state index is 11.8. The number of carbonyl (C=O) groups is 1. The molecule has 1 aromatic rings. The summed E-state index contributed by atoms with van der Waals surface area (Å²) in [5, 5.41) is 13.1. The first kappa shape index (κ1) is 15.5. The molecule has 2 N–H and O–H groups in total. The maximum atomic E-state index is 11.8. The number of benzene rings is 1. The Morgan fingerprint density at radius 1 is 1.60 bits per heavy atom. The Bertz CT molecular complexity index is 480. The zero-order valence-corrected chi connectivity index (χ0v) is 13.1. The summed E-state index contributed by atoms with van der Waals surface area (Å²) in [6.45, 7) is 2.64. The highest BCUT2D eigenvalue weighted by Crippen LogP contribution is 2.24. The first-order valence-electron chi connectivity index (χ1n) is 6.85. The Labute approximate surface area is 127 Å². The van der Waals surface area contributed by atoms with Gasteiger partial charge in [-0.15, -0.1) is 0 Å². The molecule has 0 radical (unpaired) electrons. The van der Waals surface area contributed by atoms with Crippen molar-refractivity contribution in [3.63, 3.8) is 0 Å². The van der Waals surface area contributed by atoms with E-state index >= 15 is 0 Å². The molecule has 110 valence electrons. The van der Waals surface area contributed by atoms with E-state index in [1.54, 1.807) is 0 Å². The normalized spacial score (nSPS) is 25.6. The third-order valence-electron chi connectivity index (χ3n) is 3.78. The number of aryl methyl sites for hydroxylation is 1. The molecule has 1 amide bonds. The van der Waals surface area contributed by atoms with Gasteiger partial charge in [0.2, 0.25) is 5.91 Å². The molecule has 1 aromatic carbocycles. The molecule has 0 saturated carbocycles. The predicted molar refractivity (Wildman–Crippen MR) is 80.5 cm³/mol. The molecule has 2 rings (SSSR count). The molecule has 2 atom stereocenters. The number of rotatable bonds is 5. The van der Waals surface area contributed by atoms with Gasteiger partial charge in [0.1, 0.15) is 5.60 Å². The van der Waals surface area contributed by atoms with E-state index in [4.69, 9.17) is 4.74 Å². The largest absolute Gasteiger partial charge is 0.385 e. The molecule has 1 fully saturated rings. The van der Waals surface area contributed by atoms with Gasteiger partial charge in [0.15, 0.2) is 0 Å². The maximum Gasteiger partial charge on any atom is 0.220 e. The topological polar surface area (TPSA) is 58.6 Å². The third-order valence-corrected chi connectivity index (χ3v) is 4.27. The summed E-state index contributed by atoms with van der Waals surface area (Å²) in [5.41, 5.74) is 0.191. The van der Waals surface area contributed by atoms with E-state index in [1.807, 2.05) is 31.2 Å². The lowest BCUT2D eigenvalue weighted by atomic mass is 9.96. The first-order valence-corrected chi connectivity index (χ1v) is 7.64. The van der Waals surface area contributed by atoms with Gasteiger partial charge in [-0.2, -0.15) is 0 Å². The van der Waals surface area contributed by atoms with E-state index in [0.717, 1.165) is 10.0 Å². The third kappa shape index (κ3) is 4.04. The first-order chi connectivity index (χ1) is 9.49. The van der Waals surface area contributed by atoms with E-state index in [0.29, 0.717) is 25.9 Å². The molecular formula is C15H20BrNO3. The Kier molecular flexibility index (Phi) is 5.18. The summed E-state index contributed by atoms with van der Waals surface area (Å²) < 4.78 is 6.35. The lowest BCUT2D eigenvalue weighted by Crippen LogP contribution is -2.47. The van der Waals surface area contributed by atoms with Crippen LogP contribution in [0.15, 0.2) is 28.7 Å². The number of ether oxygens (including phenoxy) is 1. The van der Waals surface area contributed by atoms with Crippen LogP contribution in [0.4, 0.5) is 0 Å². The fraction of sp³-hybridized carbons (Fsp3) is 0.533. The van der Waals surface area contributed by atoms with E-state index < -0.39 is 5.60 Å². The lowest BCUT2D eigenvalue weighted by molar-refractivity contribution is -0.122. The second-order valence-electron chi connectivity index (χ2n) is 5.27. The lowest BCUT2D eigenvalue weighted by Gasteiger charge is -2.26. The van der Waals surface area contributed by atoms with Crippen molar-refractivity contribution in [2.45, 2.75) is 37.9 Å². The van der Waals surface area contributed by atoms with Crippen LogP contribution in [0.2, 0.25) is 0 Å². The molecule has 1 aliphatic heterocycles. The van der Waals surface area contributed by atoms with Gasteiger partial charge >= 0.3 is 0 Å². The van der Waals surface area contributed by atoms with Gasteiger partial charge in [-0.3, -0.25) is 4.79 Å². The SMILES string of the molecule is CC1OCCC1(O)CNC(=O)CCc1cccc(Br)c1. The van der Waals surface area contributed by atoms with Crippen molar-refractivity contribution >= 4 is 21.8 Å². The summed E-state index contributed by atoms with van der Waals surface area (Å²) in [6.07, 6.45) is 1.45. The van der Waals surface area contributed by atoms with E-state index in [9.17, 15) is 9.90 Å². The monoisotopic (exact) mass is 341 g/mol. The highest BCUT2D eigenvalue weighted by Gasteiger charge is 2.39. The van der Waals surface area contributed by atoms with Crippen LogP contribution in [0, 0.1) is 0 Å². The van der Waals surface area contributed by atoms with Crippen LogP contribution in [-0.4, -0.2) is 35.9 Å². The Morgan fingerprint density at radius 2 is 2.40 bits per heavy atom. The summed E-state index contributed by atoms with van der Waals surface area (Å²) in [4.78, 5) is 11.8. The van der Waals surface area contributed by atoms with Crippen LogP contribution in [0.25, 0.3) is 0 Å². The van der Waals surface area contributed by atoms with Crippen molar-refractivity contribution in [1.82, 2.24) is 5.32 Å². The fourth-order valence-electron chi connectivity index (χ4n) is 2.29. The molecule has 0 bridgehead atoms. The smallest absolute Gasteiger partial charge is 0.220 e. The van der Waals surface area contributed by atoms with Gasteiger partial charge in [0.05, 0.1) is 6.10 Å². The van der Waals surface area contributed by atoms with Gasteiger partial charge < -0.3 is 15.2 Å². The minimum absolute atomic E-state index is 0.0440. The molecule has 0 aromatic heterocycles. The summed E-state index contributed by atoms with van der Waals surface area (Å²) in [5.74, 6) is -0.0440. The van der Waals surface area contributed by atoms with Crippen LogP contribution < -0.4 is 5.32 Å². The molecule has 2 unspecified atom stereocenters. The molecule has 4 nitrogen and oxygen atoms in total. The number of amides is 1. The van der Waals surface area contributed by atoms with Crippen molar-refractivity contribution in [3.05, 3.63) is 34.3 Å². The number of hydrogen-bond acceptors (Lipinski definition) is 3. The van der Waals surface area contributed by atoms with Crippen LogP contribution in [0.5, 0.6) is 0 Å². The molecule has 20 heavy (non-hydrogen) atoms. The fourth-order valence-corrected chi connectivity index (χ4v) is 2.74. The average molecular weight is 342 g/mol. The van der Waals surface area contributed by atoms with Crippen LogP contribution >= 0.6 is 15.9 Å². The minimum Gasteiger partial charge on any atom is -0.385 e. The molecule has 5 heteroatoms. The summed E-state index contributed by atoms with van der Waals surface area (Å²) in [6, 6.07) is 7.92. The number of carbonyl (C=O) groups excluding carboxylic acids is 1. The van der Waals surface area contributed by atoms with E-state index in [2.05, 4.69) is 21.2 Å². The van der Waals surface area contributed by atoms with Gasteiger partial charge in [-0.05, 0) is 31.0 Å². The van der Waals surface area contributed by atoms with Gasteiger partial charge in [-0.1, -0.05) is 28.1 Å². The number of halogens is 1. The number of nitrogens with one attached hydrogen (secondary N) is 1. The minimum atomic E-state index is -0.925. The highest BCUT2D eigenvalue weighted by molar-refractivity contribution is 9.10. The number of hydrogen-bond donors (Lipinski definition) is 2. The Morgan fingerprint density at radius 3 is 3.05 bits per heavy atom. The second kappa shape index (κ2) is 6.70. The Hall–Kier alpha value is -0.910. The highest BCUT2D eigenvalue weighted by atomic mass is 79.9. The van der Waals surface area contributed by atoms with Crippen LogP contribution in [0.1, 0.15) is 25.3 Å². The van der Waals surface area contributed by atoms with Crippen LogP contribution in [0.3, 0.4) is 0 Å². The van der Waals surface area contributed by atoms with Gasteiger partial charge in [0, 0.05) is 30.5 Å². The van der Waals surface area contributed by atoms with Crippen molar-refractivity contribution < 1.29 is 14.6 Å². The zero-order valence-electron chi connectivity index (χ0n) is 11.6. The molecule has 1 heterocycles. The summed E-state index contributed by atoms with van der Waals surface area (Å²) >= 11 is 3.41. The molecule has 0 aliphatic carbocycles. The molecular weight excluding hydrogens is 322 g/mol. The Balaban J connectivity index is 1.76. The quantitative estimate of drug-likeness (QED) is 0.861. The predicted octanol–water partition coefficient (Wildman–Crippen LogP) is 2.04.